The molecule has 2 saturated heterocycles. The number of nitriles is 1. The smallest absolute Gasteiger partial charge is 0.504 e. The van der Waals surface area contributed by atoms with Crippen molar-refractivity contribution in [2.24, 2.45) is 0 Å². The van der Waals surface area contributed by atoms with Crippen LogP contribution in [0.15, 0.2) is 30.9 Å². The molecule has 7 aliphatic rings. The molecule has 338 valence electrons. The van der Waals surface area contributed by atoms with Crippen molar-refractivity contribution in [3.05, 3.63) is 75.4 Å². The molecule has 64 heavy (non-hydrogen) atoms. The van der Waals surface area contributed by atoms with E-state index >= 15 is 4.79 Å². The van der Waals surface area contributed by atoms with Crippen molar-refractivity contribution in [2.75, 3.05) is 46.5 Å². The van der Waals surface area contributed by atoms with E-state index < -0.39 is 58.7 Å². The lowest BCUT2D eigenvalue weighted by Gasteiger charge is -2.62. The summed E-state index contributed by atoms with van der Waals surface area (Å²) in [5.74, 6) is 0.803. The number of nitrogens with zero attached hydrogens (tertiary/aromatic N) is 3. The summed E-state index contributed by atoms with van der Waals surface area (Å²) in [6.07, 6.45) is 1.82. The summed E-state index contributed by atoms with van der Waals surface area (Å²) in [6, 6.07) is 4.96. The largest absolute Gasteiger partial charge is 0.514 e. The minimum Gasteiger partial charge on any atom is -0.504 e. The van der Waals surface area contributed by atoms with Gasteiger partial charge in [-0.05, 0) is 81.8 Å². The third-order valence-electron chi connectivity index (χ3n) is 13.2. The second-order valence-electron chi connectivity index (χ2n) is 18.0. The van der Waals surface area contributed by atoms with Gasteiger partial charge in [-0.2, -0.15) is 5.26 Å². The standard InChI is InChI=1S/C47H52N4O12S/c1-10-13-50-28-15-26-14-22(2)39(57-9)38(53)33(26)36(50)37-43-35-34(42-41(59-21-60-42)23(3)40(35)61-24(4)52)30(51(37)29(28)18-48)19-58-44(54)47(20-64-43)27-17-31(56-8)32(16-25(27)11-12-49-47)62-45(55)63-46(5,6)7/h10,14,16-17,28-30,36-37,43,49,53H,1,11-13,15,19-21H2,2-9H3/t28?,29-,30-,36?,37+,43+,47+/m0/s1. The Balaban J connectivity index is 1.28. The molecule has 0 saturated carbocycles. The Morgan fingerprint density at radius 1 is 1.05 bits per heavy atom. The molecule has 16 nitrogen and oxygen atoms in total. The van der Waals surface area contributed by atoms with Gasteiger partial charge in [0.1, 0.15) is 24.0 Å². The van der Waals surface area contributed by atoms with E-state index in [2.05, 4.69) is 27.8 Å². The van der Waals surface area contributed by atoms with Crippen molar-refractivity contribution < 1.29 is 57.4 Å². The predicted octanol–water partition coefficient (Wildman–Crippen LogP) is 6.15. The number of phenols is 1. The van der Waals surface area contributed by atoms with Gasteiger partial charge in [-0.1, -0.05) is 12.1 Å². The first kappa shape index (κ1) is 43.6. The SMILES string of the molecule is C=CCN1C2c3c(cc(C)c(OC)c3O)CC1[C@H](C#N)N1[C@H]2[C@@H]2SC[C@]3(NCCc4cc(OC(=O)OC(C)(C)C)c(OC)cc43)C(=O)OC[C@H]1c1c3c(c(C)c(OC(C)=O)c12)OCO3. The molecule has 7 heterocycles. The van der Waals surface area contributed by atoms with E-state index in [4.69, 9.17) is 37.9 Å². The molecule has 3 aromatic carbocycles. The highest BCUT2D eigenvalue weighted by molar-refractivity contribution is 7.99. The number of fused-ring (bicyclic) bond motifs is 9. The van der Waals surface area contributed by atoms with E-state index in [9.17, 15) is 20.0 Å². The van der Waals surface area contributed by atoms with Gasteiger partial charge < -0.3 is 43.0 Å². The molecular formula is C47H52N4O12S. The van der Waals surface area contributed by atoms with E-state index in [1.165, 1.54) is 32.9 Å². The Morgan fingerprint density at radius 2 is 1.81 bits per heavy atom. The Hall–Kier alpha value is -5.67. The van der Waals surface area contributed by atoms with Crippen LogP contribution in [-0.2, 0) is 37.4 Å². The zero-order valence-electron chi connectivity index (χ0n) is 37.1. The fourth-order valence-corrected chi connectivity index (χ4v) is 12.6. The van der Waals surface area contributed by atoms with Crippen LogP contribution in [0.4, 0.5) is 4.79 Å². The minimum absolute atomic E-state index is 0.00732. The number of carbonyl (C=O) groups is 3. The molecule has 0 amide bonds. The van der Waals surface area contributed by atoms with Gasteiger partial charge in [-0.25, -0.2) is 9.59 Å². The van der Waals surface area contributed by atoms with Gasteiger partial charge in [0, 0.05) is 60.1 Å². The Kier molecular flexibility index (Phi) is 11.0. The topological polar surface area (TPSA) is 188 Å². The van der Waals surface area contributed by atoms with Crippen LogP contribution in [0, 0.1) is 25.2 Å². The summed E-state index contributed by atoms with van der Waals surface area (Å²) in [4.78, 5) is 45.5. The van der Waals surface area contributed by atoms with Gasteiger partial charge in [0.25, 0.3) is 0 Å². The van der Waals surface area contributed by atoms with Gasteiger partial charge >= 0.3 is 18.1 Å². The average Bonchev–Trinajstić information content (AvgIpc) is 3.73. The number of aromatic hydroxyl groups is 1. The average molecular weight is 897 g/mol. The van der Waals surface area contributed by atoms with Crippen LogP contribution in [0.1, 0.15) is 89.5 Å². The number of piperazine rings is 1. The van der Waals surface area contributed by atoms with Gasteiger partial charge in [-0.3, -0.25) is 19.9 Å². The summed E-state index contributed by atoms with van der Waals surface area (Å²) < 4.78 is 47.8. The van der Waals surface area contributed by atoms with Crippen LogP contribution in [0.2, 0.25) is 0 Å². The molecule has 10 rings (SSSR count). The third kappa shape index (κ3) is 6.71. The minimum atomic E-state index is -1.47. The Labute approximate surface area is 375 Å². The van der Waals surface area contributed by atoms with Crippen LogP contribution in [-0.4, -0.2) is 103 Å². The van der Waals surface area contributed by atoms with Crippen molar-refractivity contribution in [1.82, 2.24) is 15.1 Å². The molecular weight excluding hydrogens is 845 g/mol. The number of ether oxygens (including phenoxy) is 8. The van der Waals surface area contributed by atoms with E-state index in [-0.39, 0.29) is 42.4 Å². The zero-order valence-corrected chi connectivity index (χ0v) is 37.9. The molecule has 7 atom stereocenters. The maximum absolute atomic E-state index is 15.1. The fraction of sp³-hybridized carbons (Fsp3) is 0.489. The highest BCUT2D eigenvalue weighted by Gasteiger charge is 2.62. The highest BCUT2D eigenvalue weighted by atomic mass is 32.2. The molecule has 17 heteroatoms. The number of aryl methyl sites for hydroxylation is 1. The molecule has 2 fully saturated rings. The number of methoxy groups -OCH3 is 2. The molecule has 4 bridgehead atoms. The lowest BCUT2D eigenvalue weighted by molar-refractivity contribution is -0.157. The number of phenolic OH excluding ortho intramolecular Hbond substituents is 1. The Morgan fingerprint density at radius 3 is 2.50 bits per heavy atom. The van der Waals surface area contributed by atoms with Crippen molar-refractivity contribution in [3.8, 4) is 46.3 Å². The highest BCUT2D eigenvalue weighted by Crippen LogP contribution is 2.65. The quantitative estimate of drug-likeness (QED) is 0.124. The number of carbonyl (C=O) groups excluding carboxylic acids is 3. The molecule has 7 aliphatic heterocycles. The van der Waals surface area contributed by atoms with Crippen molar-refractivity contribution >= 4 is 29.9 Å². The number of nitrogens with one attached hydrogen (secondary N) is 1. The fourth-order valence-electron chi connectivity index (χ4n) is 10.9. The Bertz CT molecular complexity index is 2530. The van der Waals surface area contributed by atoms with E-state index in [1.807, 2.05) is 19.9 Å². The van der Waals surface area contributed by atoms with Crippen molar-refractivity contribution in [1.29, 1.82) is 5.26 Å². The van der Waals surface area contributed by atoms with Crippen LogP contribution >= 0.6 is 11.8 Å². The third-order valence-corrected chi connectivity index (χ3v) is 14.6. The number of hydrogen-bond donors (Lipinski definition) is 2. The molecule has 0 radical (unpaired) electrons. The number of thioether (sulfide) groups is 1. The number of esters is 2. The summed E-state index contributed by atoms with van der Waals surface area (Å²) in [5, 5.41) is 26.5. The molecule has 0 aliphatic carbocycles. The van der Waals surface area contributed by atoms with Gasteiger partial charge in [0.05, 0.1) is 37.6 Å². The van der Waals surface area contributed by atoms with E-state index in [0.717, 1.165) is 16.7 Å². The first-order valence-corrected chi connectivity index (χ1v) is 22.4. The molecule has 0 aromatic heterocycles. The molecule has 1 spiro atoms. The van der Waals surface area contributed by atoms with E-state index in [0.29, 0.717) is 76.7 Å². The van der Waals surface area contributed by atoms with Gasteiger partial charge in [0.15, 0.2) is 40.0 Å². The lowest BCUT2D eigenvalue weighted by atomic mass is 9.71. The van der Waals surface area contributed by atoms with Crippen LogP contribution < -0.4 is 33.7 Å². The summed E-state index contributed by atoms with van der Waals surface area (Å²) in [5.41, 5.74) is 3.18. The summed E-state index contributed by atoms with van der Waals surface area (Å²) in [6.45, 7) is 14.8. The maximum atomic E-state index is 15.1. The second-order valence-corrected chi connectivity index (χ2v) is 19.1. The summed E-state index contributed by atoms with van der Waals surface area (Å²) in [7, 11) is 2.98. The number of hydrogen-bond acceptors (Lipinski definition) is 17. The monoisotopic (exact) mass is 896 g/mol. The predicted molar refractivity (Wildman–Crippen MR) is 232 cm³/mol. The first-order chi connectivity index (χ1) is 30.6. The maximum Gasteiger partial charge on any atom is 0.514 e. The van der Waals surface area contributed by atoms with Crippen molar-refractivity contribution in [3.63, 3.8) is 0 Å². The molecule has 2 unspecified atom stereocenters. The zero-order chi connectivity index (χ0) is 45.6. The van der Waals surface area contributed by atoms with Crippen molar-refractivity contribution in [2.45, 2.75) is 101 Å². The van der Waals surface area contributed by atoms with Crippen LogP contribution in [0.3, 0.4) is 0 Å². The molecule has 2 N–H and O–H groups in total. The molecule has 3 aromatic rings. The lowest BCUT2D eigenvalue weighted by Crippen LogP contribution is -2.70. The van der Waals surface area contributed by atoms with Crippen LogP contribution in [0.5, 0.6) is 40.2 Å². The normalized spacial score (nSPS) is 26.6. The number of benzene rings is 3. The second kappa shape index (κ2) is 16.1. The van der Waals surface area contributed by atoms with E-state index in [1.54, 1.807) is 39.0 Å². The summed E-state index contributed by atoms with van der Waals surface area (Å²) >= 11 is 1.45. The first-order valence-electron chi connectivity index (χ1n) is 21.3. The van der Waals surface area contributed by atoms with Gasteiger partial charge in [-0.15, -0.1) is 18.3 Å². The van der Waals surface area contributed by atoms with Gasteiger partial charge in [0.2, 0.25) is 6.79 Å². The van der Waals surface area contributed by atoms with Crippen LogP contribution in [0.25, 0.3) is 0 Å². The number of rotatable bonds is 6.